The van der Waals surface area contributed by atoms with E-state index in [0.717, 1.165) is 10.0 Å². The summed E-state index contributed by atoms with van der Waals surface area (Å²) in [6, 6.07) is 14.3. The SMILES string of the molecule is C[C@H](O)[C@@H]1N[C@@]2(C(=O)Nc3ccc(Br)cc32)[C@@H]2C(=O)N(CCc3ccccc3)C(=O)[C@H]12. The van der Waals surface area contributed by atoms with E-state index in [4.69, 9.17) is 0 Å². The maximum Gasteiger partial charge on any atom is 0.250 e. The van der Waals surface area contributed by atoms with Crippen molar-refractivity contribution < 1.29 is 19.5 Å². The predicted octanol–water partition coefficient (Wildman–Crippen LogP) is 1.79. The third-order valence-corrected chi connectivity index (χ3v) is 7.18. The number of benzene rings is 2. The van der Waals surface area contributed by atoms with Crippen LogP contribution in [0, 0.1) is 11.8 Å². The van der Waals surface area contributed by atoms with E-state index in [2.05, 4.69) is 26.6 Å². The van der Waals surface area contributed by atoms with Gasteiger partial charge >= 0.3 is 0 Å². The third-order valence-electron chi connectivity index (χ3n) is 6.69. The molecule has 8 heteroatoms. The minimum Gasteiger partial charge on any atom is -0.392 e. The Kier molecular flexibility index (Phi) is 4.76. The fraction of sp³-hybridized carbons (Fsp3) is 0.348. The van der Waals surface area contributed by atoms with Gasteiger partial charge in [-0.15, -0.1) is 0 Å². The number of carbonyl (C=O) groups excluding carboxylic acids is 3. The zero-order chi connectivity index (χ0) is 21.9. The number of halogens is 1. The highest BCUT2D eigenvalue weighted by Crippen LogP contribution is 2.53. The van der Waals surface area contributed by atoms with Crippen LogP contribution in [0.5, 0.6) is 0 Å². The van der Waals surface area contributed by atoms with Crippen molar-refractivity contribution in [3.05, 3.63) is 64.1 Å². The second kappa shape index (κ2) is 7.25. The molecule has 3 heterocycles. The Morgan fingerprint density at radius 3 is 2.58 bits per heavy atom. The Labute approximate surface area is 187 Å². The van der Waals surface area contributed by atoms with Gasteiger partial charge in [-0.25, -0.2) is 0 Å². The van der Waals surface area contributed by atoms with Crippen LogP contribution in [-0.4, -0.2) is 46.4 Å². The van der Waals surface area contributed by atoms with Gasteiger partial charge in [0.1, 0.15) is 5.54 Å². The smallest absolute Gasteiger partial charge is 0.250 e. The number of anilines is 1. The van der Waals surface area contributed by atoms with Gasteiger partial charge in [0, 0.05) is 28.3 Å². The molecule has 3 aliphatic rings. The molecule has 31 heavy (non-hydrogen) atoms. The summed E-state index contributed by atoms with van der Waals surface area (Å²) in [5.41, 5.74) is 0.859. The van der Waals surface area contributed by atoms with Crippen LogP contribution in [0.3, 0.4) is 0 Å². The largest absolute Gasteiger partial charge is 0.392 e. The van der Waals surface area contributed by atoms with E-state index < -0.39 is 29.5 Å². The molecular weight excluding hydrogens is 462 g/mol. The predicted molar refractivity (Wildman–Crippen MR) is 117 cm³/mol. The van der Waals surface area contributed by atoms with E-state index in [9.17, 15) is 19.5 Å². The van der Waals surface area contributed by atoms with E-state index >= 15 is 0 Å². The molecule has 5 atom stereocenters. The maximum atomic E-state index is 13.6. The van der Waals surface area contributed by atoms with E-state index in [0.29, 0.717) is 17.7 Å². The molecule has 3 amide bonds. The number of nitrogens with one attached hydrogen (secondary N) is 2. The second-order valence-electron chi connectivity index (χ2n) is 8.43. The lowest BCUT2D eigenvalue weighted by Crippen LogP contribution is -2.55. The van der Waals surface area contributed by atoms with Gasteiger partial charge in [0.15, 0.2) is 0 Å². The molecule has 7 nitrogen and oxygen atoms in total. The van der Waals surface area contributed by atoms with Crippen molar-refractivity contribution in [2.75, 3.05) is 11.9 Å². The van der Waals surface area contributed by atoms with Gasteiger partial charge < -0.3 is 10.4 Å². The lowest BCUT2D eigenvalue weighted by Gasteiger charge is -2.30. The minimum atomic E-state index is -1.39. The van der Waals surface area contributed by atoms with Crippen molar-refractivity contribution in [2.45, 2.75) is 31.0 Å². The zero-order valence-electron chi connectivity index (χ0n) is 16.8. The molecule has 1 spiro atoms. The van der Waals surface area contributed by atoms with Crippen LogP contribution in [0.4, 0.5) is 5.69 Å². The molecule has 2 saturated heterocycles. The fourth-order valence-corrected chi connectivity index (χ4v) is 5.65. The van der Waals surface area contributed by atoms with Gasteiger partial charge in [-0.05, 0) is 37.1 Å². The Morgan fingerprint density at radius 1 is 1.13 bits per heavy atom. The number of carbonyl (C=O) groups is 3. The molecule has 0 saturated carbocycles. The maximum absolute atomic E-state index is 13.6. The lowest BCUT2D eigenvalue weighted by molar-refractivity contribution is -0.143. The number of rotatable bonds is 4. The number of nitrogens with zero attached hydrogens (tertiary/aromatic N) is 1. The molecule has 0 aromatic heterocycles. The van der Waals surface area contributed by atoms with Crippen molar-refractivity contribution in [2.24, 2.45) is 11.8 Å². The standard InChI is InChI=1S/C23H22BrN3O4/c1-12(28)19-17-18(21(30)27(20(17)29)10-9-13-5-3-2-4-6-13)23(26-19)15-11-14(24)7-8-16(15)25-22(23)31/h2-8,11-12,17-19,26,28H,9-10H2,1H3,(H,25,31)/t12-,17-,18-,19-,23+/m0/s1. The molecule has 2 aromatic rings. The van der Waals surface area contributed by atoms with Crippen LogP contribution in [0.1, 0.15) is 18.1 Å². The molecule has 3 aliphatic heterocycles. The average molecular weight is 484 g/mol. The van der Waals surface area contributed by atoms with Gasteiger partial charge in [0.2, 0.25) is 17.7 Å². The van der Waals surface area contributed by atoms with Crippen LogP contribution in [0.2, 0.25) is 0 Å². The summed E-state index contributed by atoms with van der Waals surface area (Å²) in [7, 11) is 0. The molecule has 2 aromatic carbocycles. The van der Waals surface area contributed by atoms with Crippen LogP contribution < -0.4 is 10.6 Å². The molecule has 0 radical (unpaired) electrons. The van der Waals surface area contributed by atoms with Crippen molar-refractivity contribution in [1.29, 1.82) is 0 Å². The Hall–Kier alpha value is -2.55. The second-order valence-corrected chi connectivity index (χ2v) is 9.35. The van der Waals surface area contributed by atoms with Gasteiger partial charge in [0.05, 0.1) is 17.9 Å². The van der Waals surface area contributed by atoms with E-state index in [1.54, 1.807) is 19.1 Å². The van der Waals surface area contributed by atoms with Crippen molar-refractivity contribution in [3.63, 3.8) is 0 Å². The Balaban J connectivity index is 1.55. The van der Waals surface area contributed by atoms with Crippen LogP contribution >= 0.6 is 15.9 Å². The fourth-order valence-electron chi connectivity index (χ4n) is 5.28. The number of imide groups is 1. The summed E-state index contributed by atoms with van der Waals surface area (Å²) in [6.07, 6.45) is -0.381. The van der Waals surface area contributed by atoms with E-state index in [1.807, 2.05) is 36.4 Å². The first kappa shape index (κ1) is 20.4. The Bertz CT molecular complexity index is 1090. The minimum absolute atomic E-state index is 0.240. The van der Waals surface area contributed by atoms with E-state index in [-0.39, 0.29) is 24.3 Å². The summed E-state index contributed by atoms with van der Waals surface area (Å²) in [4.78, 5) is 41.5. The third kappa shape index (κ3) is 2.89. The Morgan fingerprint density at radius 2 is 1.87 bits per heavy atom. The summed E-state index contributed by atoms with van der Waals surface area (Å²) >= 11 is 3.44. The van der Waals surface area contributed by atoms with Gasteiger partial charge in [-0.2, -0.15) is 0 Å². The molecule has 160 valence electrons. The van der Waals surface area contributed by atoms with Gasteiger partial charge in [0.25, 0.3) is 0 Å². The first-order valence-electron chi connectivity index (χ1n) is 10.3. The molecule has 0 bridgehead atoms. The van der Waals surface area contributed by atoms with Crippen molar-refractivity contribution >= 4 is 39.3 Å². The first-order valence-corrected chi connectivity index (χ1v) is 11.1. The van der Waals surface area contributed by atoms with E-state index in [1.165, 1.54) is 4.90 Å². The number of fused-ring (bicyclic) bond motifs is 4. The first-order chi connectivity index (χ1) is 14.8. The van der Waals surface area contributed by atoms with Gasteiger partial charge in [-0.3, -0.25) is 24.6 Å². The normalized spacial score (nSPS) is 30.0. The highest BCUT2D eigenvalue weighted by molar-refractivity contribution is 9.10. The van der Waals surface area contributed by atoms with Crippen LogP contribution in [-0.2, 0) is 26.3 Å². The monoisotopic (exact) mass is 483 g/mol. The summed E-state index contributed by atoms with van der Waals surface area (Å²) in [5, 5.41) is 16.5. The number of amides is 3. The number of hydrogen-bond donors (Lipinski definition) is 3. The summed E-state index contributed by atoms with van der Waals surface area (Å²) in [5.74, 6) is -2.79. The number of likely N-dealkylation sites (tertiary alicyclic amines) is 1. The highest BCUT2D eigenvalue weighted by Gasteiger charge is 2.71. The van der Waals surface area contributed by atoms with Gasteiger partial charge in [-0.1, -0.05) is 46.3 Å². The molecule has 0 unspecified atom stereocenters. The van der Waals surface area contributed by atoms with Crippen molar-refractivity contribution in [3.8, 4) is 0 Å². The van der Waals surface area contributed by atoms with Crippen molar-refractivity contribution in [1.82, 2.24) is 10.2 Å². The molecule has 0 aliphatic carbocycles. The molecule has 5 rings (SSSR count). The number of aliphatic hydroxyl groups is 1. The highest BCUT2D eigenvalue weighted by atomic mass is 79.9. The topological polar surface area (TPSA) is 98.7 Å². The number of aliphatic hydroxyl groups excluding tert-OH is 1. The molecule has 3 N–H and O–H groups in total. The summed E-state index contributed by atoms with van der Waals surface area (Å²) < 4.78 is 0.763. The lowest BCUT2D eigenvalue weighted by atomic mass is 9.76. The quantitative estimate of drug-likeness (QED) is 0.575. The van der Waals surface area contributed by atoms with Crippen LogP contribution in [0.25, 0.3) is 0 Å². The molecular formula is C23H22BrN3O4. The molecule has 2 fully saturated rings. The number of hydrogen-bond acceptors (Lipinski definition) is 5. The average Bonchev–Trinajstić information content (AvgIpc) is 3.33. The summed E-state index contributed by atoms with van der Waals surface area (Å²) in [6.45, 7) is 1.82. The zero-order valence-corrected chi connectivity index (χ0v) is 18.4. The van der Waals surface area contributed by atoms with Crippen LogP contribution in [0.15, 0.2) is 53.0 Å².